The molecule has 1 N–H and O–H groups in total. The average molecular weight is 411 g/mol. The highest BCUT2D eigenvalue weighted by molar-refractivity contribution is 5.94. The number of carbonyl (C=O) groups is 1. The van der Waals surface area contributed by atoms with Gasteiger partial charge in [0, 0.05) is 42.5 Å². The third-order valence-corrected chi connectivity index (χ3v) is 5.34. The number of carboxylic acid groups (broad SMARTS) is 1. The van der Waals surface area contributed by atoms with Crippen molar-refractivity contribution in [3.63, 3.8) is 0 Å². The minimum Gasteiger partial charge on any atom is -0.477 e. The van der Waals surface area contributed by atoms with E-state index in [2.05, 4.69) is 0 Å². The van der Waals surface area contributed by atoms with Gasteiger partial charge in [0.15, 0.2) is 0 Å². The fraction of sp³-hybridized carbons (Fsp3) is 0.238. The highest BCUT2D eigenvalue weighted by Crippen LogP contribution is 2.29. The molecular formula is C21H18FN3O5. The molecule has 0 saturated carbocycles. The first-order valence-electron chi connectivity index (χ1n) is 9.49. The molecule has 1 aliphatic rings. The lowest BCUT2D eigenvalue weighted by Crippen LogP contribution is -2.30. The number of hydrogen-bond acceptors (Lipinski definition) is 5. The molecule has 0 atom stereocenters. The maximum absolute atomic E-state index is 14.9. The summed E-state index contributed by atoms with van der Waals surface area (Å²) in [6, 6.07) is 8.11. The summed E-state index contributed by atoms with van der Waals surface area (Å²) >= 11 is 0. The van der Waals surface area contributed by atoms with Gasteiger partial charge in [-0.3, -0.25) is 14.9 Å². The summed E-state index contributed by atoms with van der Waals surface area (Å²) in [4.78, 5) is 36.6. The van der Waals surface area contributed by atoms with E-state index in [9.17, 15) is 29.2 Å². The van der Waals surface area contributed by atoms with Gasteiger partial charge in [0.25, 0.3) is 5.69 Å². The summed E-state index contributed by atoms with van der Waals surface area (Å²) in [5, 5.41) is 20.3. The molecule has 0 aliphatic carbocycles. The molecule has 154 valence electrons. The number of fused-ring (bicyclic) bond motifs is 1. The standard InChI is InChI=1S/C21H18FN3O5/c22-17-10-15-18(11-19(17)23-8-2-1-3-9-23)24(12-16(20(15)26)21(27)28)13-4-6-14(7-5-13)25(29)30/h4-7,10-12H,1-3,8-9H2,(H,27,28). The largest absolute Gasteiger partial charge is 0.477 e. The molecule has 1 saturated heterocycles. The van der Waals surface area contributed by atoms with Gasteiger partial charge in [-0.1, -0.05) is 0 Å². The number of nitro benzene ring substituents is 1. The van der Waals surface area contributed by atoms with Gasteiger partial charge in [-0.15, -0.1) is 0 Å². The molecule has 1 aliphatic heterocycles. The van der Waals surface area contributed by atoms with Crippen LogP contribution in [0.15, 0.2) is 47.4 Å². The second-order valence-corrected chi connectivity index (χ2v) is 7.19. The molecule has 0 amide bonds. The lowest BCUT2D eigenvalue weighted by molar-refractivity contribution is -0.384. The fourth-order valence-electron chi connectivity index (χ4n) is 3.81. The van der Waals surface area contributed by atoms with Crippen molar-refractivity contribution >= 4 is 28.2 Å². The number of non-ortho nitro benzene ring substituents is 1. The Balaban J connectivity index is 1.98. The fourth-order valence-corrected chi connectivity index (χ4v) is 3.81. The maximum atomic E-state index is 14.9. The van der Waals surface area contributed by atoms with Gasteiger partial charge in [-0.05, 0) is 43.5 Å². The smallest absolute Gasteiger partial charge is 0.341 e. The van der Waals surface area contributed by atoms with Crippen molar-refractivity contribution in [2.45, 2.75) is 19.3 Å². The van der Waals surface area contributed by atoms with Crippen LogP contribution in [0.4, 0.5) is 15.8 Å². The van der Waals surface area contributed by atoms with E-state index in [4.69, 9.17) is 0 Å². The maximum Gasteiger partial charge on any atom is 0.341 e. The van der Waals surface area contributed by atoms with Crippen LogP contribution in [0, 0.1) is 15.9 Å². The number of aromatic carboxylic acids is 1. The minimum absolute atomic E-state index is 0.0634. The molecule has 0 spiro atoms. The van der Waals surface area contributed by atoms with E-state index >= 15 is 0 Å². The number of aromatic nitrogens is 1. The Morgan fingerprint density at radius 1 is 1.10 bits per heavy atom. The van der Waals surface area contributed by atoms with E-state index in [0.717, 1.165) is 25.3 Å². The number of hydrogen-bond donors (Lipinski definition) is 1. The van der Waals surface area contributed by atoms with Crippen molar-refractivity contribution in [3.05, 3.63) is 74.3 Å². The first-order valence-corrected chi connectivity index (χ1v) is 9.49. The summed E-state index contributed by atoms with van der Waals surface area (Å²) < 4.78 is 16.3. The van der Waals surface area contributed by atoms with E-state index in [1.54, 1.807) is 6.07 Å². The molecule has 3 aromatic rings. The number of rotatable bonds is 4. The van der Waals surface area contributed by atoms with Crippen molar-refractivity contribution in [2.24, 2.45) is 0 Å². The summed E-state index contributed by atoms with van der Waals surface area (Å²) in [5.74, 6) is -2.02. The SMILES string of the molecule is O=C(O)c1cn(-c2ccc([N+](=O)[O-])cc2)c2cc(N3CCCCC3)c(F)cc2c1=O. The van der Waals surface area contributed by atoms with Crippen molar-refractivity contribution in [1.29, 1.82) is 0 Å². The molecule has 30 heavy (non-hydrogen) atoms. The van der Waals surface area contributed by atoms with E-state index in [0.29, 0.717) is 30.0 Å². The lowest BCUT2D eigenvalue weighted by Gasteiger charge is -2.29. The predicted molar refractivity (Wildman–Crippen MR) is 109 cm³/mol. The molecule has 4 rings (SSSR count). The number of pyridine rings is 1. The zero-order chi connectivity index (χ0) is 21.4. The van der Waals surface area contributed by atoms with Gasteiger partial charge in [0.2, 0.25) is 5.43 Å². The summed E-state index contributed by atoms with van der Waals surface area (Å²) in [7, 11) is 0. The monoisotopic (exact) mass is 411 g/mol. The van der Waals surface area contributed by atoms with Crippen LogP contribution in [-0.4, -0.2) is 33.7 Å². The third kappa shape index (κ3) is 3.38. The van der Waals surface area contributed by atoms with E-state index < -0.39 is 27.7 Å². The number of nitro groups is 1. The van der Waals surface area contributed by atoms with Crippen molar-refractivity contribution in [1.82, 2.24) is 4.57 Å². The lowest BCUT2D eigenvalue weighted by atomic mass is 10.1. The van der Waals surface area contributed by atoms with Crippen molar-refractivity contribution < 1.29 is 19.2 Å². The zero-order valence-electron chi connectivity index (χ0n) is 15.9. The number of carboxylic acids is 1. The average Bonchev–Trinajstić information content (AvgIpc) is 2.74. The number of anilines is 1. The quantitative estimate of drug-likeness (QED) is 0.518. The molecule has 2 heterocycles. The molecule has 0 unspecified atom stereocenters. The zero-order valence-corrected chi connectivity index (χ0v) is 15.9. The van der Waals surface area contributed by atoms with Gasteiger partial charge >= 0.3 is 5.97 Å². The van der Waals surface area contributed by atoms with E-state index in [-0.39, 0.29) is 11.1 Å². The van der Waals surface area contributed by atoms with Crippen LogP contribution in [0.25, 0.3) is 16.6 Å². The topological polar surface area (TPSA) is 106 Å². The predicted octanol–water partition coefficient (Wildman–Crippen LogP) is 3.73. The summed E-state index contributed by atoms with van der Waals surface area (Å²) in [5.41, 5.74) is -0.307. The Bertz CT molecular complexity index is 1210. The van der Waals surface area contributed by atoms with Crippen LogP contribution < -0.4 is 10.3 Å². The molecule has 8 nitrogen and oxygen atoms in total. The second kappa shape index (κ2) is 7.58. The number of halogens is 1. The Labute approximate surface area is 169 Å². The van der Waals surface area contributed by atoms with Gasteiger partial charge in [-0.25, -0.2) is 9.18 Å². The molecule has 0 radical (unpaired) electrons. The third-order valence-electron chi connectivity index (χ3n) is 5.34. The summed E-state index contributed by atoms with van der Waals surface area (Å²) in [6.45, 7) is 1.38. The summed E-state index contributed by atoms with van der Waals surface area (Å²) in [6.07, 6.45) is 4.11. The van der Waals surface area contributed by atoms with Gasteiger partial charge in [-0.2, -0.15) is 0 Å². The molecule has 9 heteroatoms. The first-order chi connectivity index (χ1) is 14.4. The van der Waals surface area contributed by atoms with Gasteiger partial charge in [0.1, 0.15) is 11.4 Å². The second-order valence-electron chi connectivity index (χ2n) is 7.19. The van der Waals surface area contributed by atoms with E-state index in [1.165, 1.54) is 35.0 Å². The number of benzene rings is 2. The molecule has 1 aromatic heterocycles. The normalized spacial score (nSPS) is 14.1. The molecule has 2 aromatic carbocycles. The van der Waals surface area contributed by atoms with Gasteiger partial charge in [0.05, 0.1) is 16.1 Å². The number of nitrogens with zero attached hydrogens (tertiary/aromatic N) is 3. The Morgan fingerprint density at radius 3 is 2.37 bits per heavy atom. The Morgan fingerprint density at radius 2 is 1.77 bits per heavy atom. The van der Waals surface area contributed by atoms with Crippen molar-refractivity contribution in [2.75, 3.05) is 18.0 Å². The molecule has 0 bridgehead atoms. The van der Waals surface area contributed by atoms with Crippen LogP contribution in [0.5, 0.6) is 0 Å². The van der Waals surface area contributed by atoms with Crippen LogP contribution in [0.2, 0.25) is 0 Å². The van der Waals surface area contributed by atoms with Crippen LogP contribution in [0.1, 0.15) is 29.6 Å². The Hall–Kier alpha value is -3.75. The van der Waals surface area contributed by atoms with Crippen LogP contribution >= 0.6 is 0 Å². The van der Waals surface area contributed by atoms with Crippen LogP contribution in [-0.2, 0) is 0 Å². The Kier molecular flexibility index (Phi) is 4.94. The minimum atomic E-state index is -1.43. The van der Waals surface area contributed by atoms with Crippen molar-refractivity contribution in [3.8, 4) is 5.69 Å². The van der Waals surface area contributed by atoms with Crippen LogP contribution in [0.3, 0.4) is 0 Å². The molecule has 1 fully saturated rings. The first kappa shape index (κ1) is 19.6. The number of piperidine rings is 1. The van der Waals surface area contributed by atoms with Gasteiger partial charge < -0.3 is 14.6 Å². The highest BCUT2D eigenvalue weighted by Gasteiger charge is 2.21. The van der Waals surface area contributed by atoms with E-state index in [1.807, 2.05) is 4.90 Å². The highest BCUT2D eigenvalue weighted by atomic mass is 19.1. The molecular weight excluding hydrogens is 393 g/mol.